The van der Waals surface area contributed by atoms with E-state index in [9.17, 15) is 9.59 Å². The van der Waals surface area contributed by atoms with E-state index < -0.39 is 5.97 Å². The Kier molecular flexibility index (Phi) is 4.62. The van der Waals surface area contributed by atoms with E-state index in [1.807, 2.05) is 19.1 Å². The average molecular weight is 343 g/mol. The van der Waals surface area contributed by atoms with Crippen molar-refractivity contribution in [1.82, 2.24) is 9.38 Å². The predicted octanol–water partition coefficient (Wildman–Crippen LogP) is 2.94. The zero-order chi connectivity index (χ0) is 17.1. The fourth-order valence-electron chi connectivity index (χ4n) is 2.33. The minimum Gasteiger partial charge on any atom is -0.459 e. The number of hydrogen-bond acceptors (Lipinski definition) is 4. The Hall–Kier alpha value is -2.66. The van der Waals surface area contributed by atoms with Gasteiger partial charge in [-0.2, -0.15) is 0 Å². The normalized spacial score (nSPS) is 10.8. The average Bonchev–Trinajstić information content (AvgIpc) is 2.56. The Labute approximate surface area is 143 Å². The summed E-state index contributed by atoms with van der Waals surface area (Å²) in [7, 11) is 0. The van der Waals surface area contributed by atoms with Crippen molar-refractivity contribution in [2.24, 2.45) is 0 Å². The number of benzene rings is 1. The summed E-state index contributed by atoms with van der Waals surface area (Å²) in [5, 5.41) is 0.520. The van der Waals surface area contributed by atoms with Crippen LogP contribution in [-0.2, 0) is 22.6 Å². The lowest BCUT2D eigenvalue weighted by molar-refractivity contribution is -0.144. The summed E-state index contributed by atoms with van der Waals surface area (Å²) in [6.45, 7) is 1.85. The topological polar surface area (TPSA) is 60.7 Å². The number of ether oxygens (including phenoxy) is 1. The highest BCUT2D eigenvalue weighted by Crippen LogP contribution is 2.16. The monoisotopic (exact) mass is 342 g/mol. The smallest absolute Gasteiger partial charge is 0.310 e. The van der Waals surface area contributed by atoms with Crippen molar-refractivity contribution >= 4 is 23.2 Å². The second kappa shape index (κ2) is 6.84. The van der Waals surface area contributed by atoms with Crippen LogP contribution in [0.2, 0.25) is 5.02 Å². The molecule has 3 rings (SSSR count). The van der Waals surface area contributed by atoms with Gasteiger partial charge in [-0.05, 0) is 30.2 Å². The third-order valence-electron chi connectivity index (χ3n) is 3.53. The molecule has 0 saturated carbocycles. The van der Waals surface area contributed by atoms with Gasteiger partial charge < -0.3 is 4.74 Å². The van der Waals surface area contributed by atoms with E-state index in [2.05, 4.69) is 4.98 Å². The summed E-state index contributed by atoms with van der Waals surface area (Å²) in [5.74, 6) is -0.422. The molecule has 0 N–H and O–H groups in total. The highest BCUT2D eigenvalue weighted by molar-refractivity contribution is 6.31. The van der Waals surface area contributed by atoms with Crippen LogP contribution in [0.5, 0.6) is 0 Å². The van der Waals surface area contributed by atoms with Gasteiger partial charge in [0.2, 0.25) is 0 Å². The summed E-state index contributed by atoms with van der Waals surface area (Å²) < 4.78 is 6.67. The number of carbonyl (C=O) groups excluding carboxylic acids is 1. The third kappa shape index (κ3) is 3.63. The number of carbonyl (C=O) groups is 1. The van der Waals surface area contributed by atoms with Gasteiger partial charge >= 0.3 is 5.97 Å². The quantitative estimate of drug-likeness (QED) is 0.684. The molecule has 0 aliphatic rings. The van der Waals surface area contributed by atoms with Crippen molar-refractivity contribution in [2.75, 3.05) is 0 Å². The summed E-state index contributed by atoms with van der Waals surface area (Å²) in [4.78, 5) is 28.4. The molecule has 0 bridgehead atoms. The van der Waals surface area contributed by atoms with Gasteiger partial charge in [0.05, 0.1) is 12.1 Å². The molecule has 0 radical (unpaired) electrons. The lowest BCUT2D eigenvalue weighted by atomic mass is 10.1. The van der Waals surface area contributed by atoms with Crippen LogP contribution >= 0.6 is 11.6 Å². The van der Waals surface area contributed by atoms with Crippen LogP contribution in [0.3, 0.4) is 0 Å². The van der Waals surface area contributed by atoms with Gasteiger partial charge in [-0.3, -0.25) is 14.0 Å². The molecule has 3 aromatic rings. The first-order chi connectivity index (χ1) is 11.5. The van der Waals surface area contributed by atoms with Gasteiger partial charge in [0.1, 0.15) is 12.3 Å². The van der Waals surface area contributed by atoms with Crippen molar-refractivity contribution in [1.29, 1.82) is 0 Å². The Morgan fingerprint density at radius 2 is 2.04 bits per heavy atom. The van der Waals surface area contributed by atoms with Gasteiger partial charge in [0, 0.05) is 17.3 Å². The molecule has 24 heavy (non-hydrogen) atoms. The zero-order valence-electron chi connectivity index (χ0n) is 13.0. The van der Waals surface area contributed by atoms with Gasteiger partial charge in [-0.1, -0.05) is 35.9 Å². The molecule has 0 spiro atoms. The van der Waals surface area contributed by atoms with Gasteiger partial charge in [-0.25, -0.2) is 4.98 Å². The highest BCUT2D eigenvalue weighted by atomic mass is 35.5. The molecule has 122 valence electrons. The van der Waals surface area contributed by atoms with Crippen molar-refractivity contribution in [3.05, 3.63) is 80.9 Å². The maximum Gasteiger partial charge on any atom is 0.310 e. The fraction of sp³-hybridized carbons (Fsp3) is 0.167. The van der Waals surface area contributed by atoms with Crippen LogP contribution in [0.25, 0.3) is 5.65 Å². The molecule has 0 saturated heterocycles. The Morgan fingerprint density at radius 1 is 1.25 bits per heavy atom. The first-order valence-corrected chi connectivity index (χ1v) is 7.79. The Balaban J connectivity index is 1.71. The minimum atomic E-state index is -0.422. The van der Waals surface area contributed by atoms with Crippen molar-refractivity contribution in [3.63, 3.8) is 0 Å². The molecule has 0 unspecified atom stereocenters. The van der Waals surface area contributed by atoms with Crippen molar-refractivity contribution in [3.8, 4) is 0 Å². The molecule has 0 fully saturated rings. The minimum absolute atomic E-state index is 0.0527. The van der Waals surface area contributed by atoms with Gasteiger partial charge in [0.25, 0.3) is 5.56 Å². The molecular weight excluding hydrogens is 328 g/mol. The predicted molar refractivity (Wildman–Crippen MR) is 91.2 cm³/mol. The summed E-state index contributed by atoms with van der Waals surface area (Å²) >= 11 is 6.02. The van der Waals surface area contributed by atoms with E-state index in [0.29, 0.717) is 21.9 Å². The van der Waals surface area contributed by atoms with Crippen LogP contribution in [0, 0.1) is 6.92 Å². The van der Waals surface area contributed by atoms with Crippen LogP contribution in [0.1, 0.15) is 16.8 Å². The number of rotatable bonds is 4. The number of pyridine rings is 1. The van der Waals surface area contributed by atoms with E-state index in [4.69, 9.17) is 16.3 Å². The van der Waals surface area contributed by atoms with Crippen molar-refractivity contribution in [2.45, 2.75) is 20.0 Å². The molecule has 6 heteroatoms. The van der Waals surface area contributed by atoms with Crippen LogP contribution < -0.4 is 5.56 Å². The zero-order valence-corrected chi connectivity index (χ0v) is 13.8. The standard InChI is InChI=1S/C18H15ClN2O3/c1-12-6-7-16-20-14(9-17(22)21(16)10-12)11-24-18(23)8-13-4-2-3-5-15(13)19/h2-7,9-10H,8,11H2,1H3. The van der Waals surface area contributed by atoms with E-state index in [0.717, 1.165) is 5.56 Å². The summed E-state index contributed by atoms with van der Waals surface area (Å²) in [5.41, 5.74) is 2.39. The lowest BCUT2D eigenvalue weighted by Gasteiger charge is -2.07. The number of nitrogens with zero attached hydrogens (tertiary/aromatic N) is 2. The summed E-state index contributed by atoms with van der Waals surface area (Å²) in [6.07, 6.45) is 1.79. The van der Waals surface area contributed by atoms with E-state index >= 15 is 0 Å². The largest absolute Gasteiger partial charge is 0.459 e. The number of hydrogen-bond donors (Lipinski definition) is 0. The number of fused-ring (bicyclic) bond motifs is 1. The van der Waals surface area contributed by atoms with E-state index in [1.54, 1.807) is 30.5 Å². The molecular formula is C18H15ClN2O3. The Morgan fingerprint density at radius 3 is 2.83 bits per heavy atom. The molecule has 5 nitrogen and oxygen atoms in total. The molecule has 0 amide bonds. The second-order valence-corrected chi connectivity index (χ2v) is 5.86. The molecule has 0 aliphatic heterocycles. The second-order valence-electron chi connectivity index (χ2n) is 5.45. The summed E-state index contributed by atoms with van der Waals surface area (Å²) in [6, 6.07) is 12.1. The van der Waals surface area contributed by atoms with Crippen LogP contribution in [0.15, 0.2) is 53.5 Å². The third-order valence-corrected chi connectivity index (χ3v) is 3.90. The SMILES string of the molecule is Cc1ccc2nc(COC(=O)Cc3ccccc3Cl)cc(=O)n2c1. The number of esters is 1. The molecule has 2 aromatic heterocycles. The number of halogens is 1. The van der Waals surface area contributed by atoms with E-state index in [-0.39, 0.29) is 18.6 Å². The van der Waals surface area contributed by atoms with Crippen LogP contribution in [0.4, 0.5) is 0 Å². The molecule has 0 aliphatic carbocycles. The molecule has 0 atom stereocenters. The highest BCUT2D eigenvalue weighted by Gasteiger charge is 2.10. The fourth-order valence-corrected chi connectivity index (χ4v) is 2.54. The Bertz CT molecular complexity index is 966. The van der Waals surface area contributed by atoms with Crippen molar-refractivity contribution < 1.29 is 9.53 Å². The maximum absolute atomic E-state index is 12.1. The first kappa shape index (κ1) is 16.2. The first-order valence-electron chi connectivity index (χ1n) is 7.41. The molecule has 1 aromatic carbocycles. The van der Waals surface area contributed by atoms with E-state index in [1.165, 1.54) is 10.5 Å². The number of aromatic nitrogens is 2. The van der Waals surface area contributed by atoms with Gasteiger partial charge in [-0.15, -0.1) is 0 Å². The van der Waals surface area contributed by atoms with Gasteiger partial charge in [0.15, 0.2) is 0 Å². The molecule has 2 heterocycles. The lowest BCUT2D eigenvalue weighted by Crippen LogP contribution is -2.17. The van der Waals surface area contributed by atoms with Crippen LogP contribution in [-0.4, -0.2) is 15.4 Å². The maximum atomic E-state index is 12.1. The number of aryl methyl sites for hydroxylation is 1.